The Bertz CT molecular complexity index is 838. The minimum absolute atomic E-state index is 0.0282. The lowest BCUT2D eigenvalue weighted by molar-refractivity contribution is -0.126. The van der Waals surface area contributed by atoms with Gasteiger partial charge in [-0.3, -0.25) is 9.69 Å². The number of aromatic nitrogens is 2. The molecule has 1 unspecified atom stereocenters. The third-order valence-electron chi connectivity index (χ3n) is 5.79. The number of likely N-dealkylation sites (tertiary alicyclic amines) is 1. The van der Waals surface area contributed by atoms with Crippen LogP contribution in [0.3, 0.4) is 0 Å². The second-order valence-electron chi connectivity index (χ2n) is 9.86. The van der Waals surface area contributed by atoms with E-state index in [0.29, 0.717) is 18.3 Å². The van der Waals surface area contributed by atoms with Crippen molar-refractivity contribution < 1.29 is 9.32 Å². The summed E-state index contributed by atoms with van der Waals surface area (Å²) in [5.41, 5.74) is 2.35. The van der Waals surface area contributed by atoms with Gasteiger partial charge in [0, 0.05) is 18.7 Å². The number of hydrogen-bond acceptors (Lipinski definition) is 6. The number of nitrogens with zero attached hydrogens (tertiary/aromatic N) is 4. The summed E-state index contributed by atoms with van der Waals surface area (Å²) in [6, 6.07) is 8.34. The van der Waals surface area contributed by atoms with Crippen LogP contribution in [0.2, 0.25) is 0 Å². The third-order valence-corrected chi connectivity index (χ3v) is 5.79. The Morgan fingerprint density at radius 1 is 1.26 bits per heavy atom. The third kappa shape index (κ3) is 6.87. The minimum atomic E-state index is 0.0282. The predicted molar refractivity (Wildman–Crippen MR) is 123 cm³/mol. The molecule has 0 radical (unpaired) electrons. The van der Waals surface area contributed by atoms with Crippen LogP contribution in [0.1, 0.15) is 51.5 Å². The molecule has 1 aliphatic rings. The van der Waals surface area contributed by atoms with Crippen molar-refractivity contribution in [3.63, 3.8) is 0 Å². The summed E-state index contributed by atoms with van der Waals surface area (Å²) < 4.78 is 5.51. The van der Waals surface area contributed by atoms with Gasteiger partial charge >= 0.3 is 0 Å². The largest absolute Gasteiger partial charge is 0.356 e. The van der Waals surface area contributed by atoms with E-state index in [9.17, 15) is 4.79 Å². The van der Waals surface area contributed by atoms with Crippen LogP contribution in [0.15, 0.2) is 28.8 Å². The number of carbonyl (C=O) groups excluding carboxylic acids is 1. The first-order valence-electron chi connectivity index (χ1n) is 11.3. The van der Waals surface area contributed by atoms with Crippen LogP contribution in [0, 0.1) is 5.92 Å². The van der Waals surface area contributed by atoms with Crippen LogP contribution < -0.4 is 5.32 Å². The van der Waals surface area contributed by atoms with E-state index in [2.05, 4.69) is 58.2 Å². The molecule has 1 amide bonds. The first-order chi connectivity index (χ1) is 14.7. The summed E-state index contributed by atoms with van der Waals surface area (Å²) in [4.78, 5) is 21.5. The van der Waals surface area contributed by atoms with Gasteiger partial charge in [0.15, 0.2) is 0 Å². The molecule has 1 aromatic heterocycles. The van der Waals surface area contributed by atoms with Crippen molar-refractivity contribution in [1.82, 2.24) is 25.3 Å². The maximum absolute atomic E-state index is 12.5. The summed E-state index contributed by atoms with van der Waals surface area (Å²) >= 11 is 0. The molecule has 7 heteroatoms. The molecule has 1 saturated heterocycles. The molecule has 1 atom stereocenters. The molecular weight excluding hydrogens is 390 g/mol. The van der Waals surface area contributed by atoms with E-state index < -0.39 is 0 Å². The molecular formula is C24H37N5O2. The van der Waals surface area contributed by atoms with Crippen molar-refractivity contribution in [1.29, 1.82) is 0 Å². The summed E-state index contributed by atoms with van der Waals surface area (Å²) in [5, 5.41) is 7.26. The number of nitrogens with one attached hydrogen (secondary N) is 1. The number of hydrogen-bond donors (Lipinski definition) is 1. The Balaban J connectivity index is 1.52. The highest BCUT2D eigenvalue weighted by molar-refractivity contribution is 5.78. The molecule has 1 aromatic carbocycles. The highest BCUT2D eigenvalue weighted by Crippen LogP contribution is 2.25. The van der Waals surface area contributed by atoms with Crippen LogP contribution >= 0.6 is 0 Å². The SMILES string of the molecule is CN(C)CCCNC(=O)C1CCCN(Cc2nc(-c3ccc(C(C)(C)C)cc3)no2)C1. The van der Waals surface area contributed by atoms with Crippen molar-refractivity contribution >= 4 is 5.91 Å². The quantitative estimate of drug-likeness (QED) is 0.652. The van der Waals surface area contributed by atoms with Crippen molar-refractivity contribution in [3.05, 3.63) is 35.7 Å². The molecule has 2 heterocycles. The average Bonchev–Trinajstić information content (AvgIpc) is 3.19. The first kappa shape index (κ1) is 23.4. The Labute approximate surface area is 186 Å². The smallest absolute Gasteiger partial charge is 0.241 e. The molecule has 1 aliphatic heterocycles. The predicted octanol–water partition coefficient (Wildman–Crippen LogP) is 3.31. The topological polar surface area (TPSA) is 74.5 Å². The Morgan fingerprint density at radius 2 is 2.00 bits per heavy atom. The standard InChI is InChI=1S/C24H37N5O2/c1-24(2,3)20-11-9-18(10-12-20)22-26-21(31-27-22)17-29-15-6-8-19(16-29)23(30)25-13-7-14-28(4)5/h9-12,19H,6-8,13-17H2,1-5H3,(H,25,30). The van der Waals surface area contributed by atoms with E-state index in [0.717, 1.165) is 51.0 Å². The normalized spacial score (nSPS) is 17.8. The maximum atomic E-state index is 12.5. The fraction of sp³-hybridized carbons (Fsp3) is 0.625. The van der Waals surface area contributed by atoms with Gasteiger partial charge < -0.3 is 14.7 Å². The van der Waals surface area contributed by atoms with Crippen molar-refractivity contribution in [2.45, 2.75) is 52.0 Å². The molecule has 1 N–H and O–H groups in total. The summed E-state index contributed by atoms with van der Waals surface area (Å²) in [5.74, 6) is 1.40. The zero-order valence-corrected chi connectivity index (χ0v) is 19.6. The molecule has 170 valence electrons. The van der Waals surface area contributed by atoms with E-state index in [1.54, 1.807) is 0 Å². The van der Waals surface area contributed by atoms with Gasteiger partial charge in [-0.15, -0.1) is 0 Å². The zero-order chi connectivity index (χ0) is 22.4. The number of benzene rings is 1. The Morgan fingerprint density at radius 3 is 2.68 bits per heavy atom. The molecule has 7 nitrogen and oxygen atoms in total. The van der Waals surface area contributed by atoms with Crippen molar-refractivity contribution in [2.24, 2.45) is 5.92 Å². The van der Waals surface area contributed by atoms with Crippen LogP contribution in [0.4, 0.5) is 0 Å². The Kier molecular flexibility index (Phi) is 7.84. The Hall–Kier alpha value is -2.25. The van der Waals surface area contributed by atoms with Gasteiger partial charge in [0.1, 0.15) is 0 Å². The van der Waals surface area contributed by atoms with Gasteiger partial charge in [-0.25, -0.2) is 0 Å². The fourth-order valence-corrected chi connectivity index (χ4v) is 3.91. The highest BCUT2D eigenvalue weighted by atomic mass is 16.5. The number of amides is 1. The zero-order valence-electron chi connectivity index (χ0n) is 19.6. The number of rotatable bonds is 8. The minimum Gasteiger partial charge on any atom is -0.356 e. The molecule has 0 aliphatic carbocycles. The van der Waals surface area contributed by atoms with Gasteiger partial charge in [-0.2, -0.15) is 4.98 Å². The molecule has 0 bridgehead atoms. The van der Waals surface area contributed by atoms with Gasteiger partial charge in [-0.1, -0.05) is 50.2 Å². The van der Waals surface area contributed by atoms with Crippen molar-refractivity contribution in [3.8, 4) is 11.4 Å². The average molecular weight is 428 g/mol. The van der Waals surface area contributed by atoms with E-state index in [4.69, 9.17) is 4.52 Å². The second kappa shape index (κ2) is 10.4. The first-order valence-corrected chi connectivity index (χ1v) is 11.3. The van der Waals surface area contributed by atoms with E-state index in [-0.39, 0.29) is 17.2 Å². The molecule has 0 spiro atoms. The number of piperidine rings is 1. The lowest BCUT2D eigenvalue weighted by Gasteiger charge is -2.30. The van der Waals surface area contributed by atoms with E-state index >= 15 is 0 Å². The van der Waals surface area contributed by atoms with Crippen LogP contribution in [0.25, 0.3) is 11.4 Å². The van der Waals surface area contributed by atoms with Crippen LogP contribution in [-0.4, -0.2) is 66.1 Å². The van der Waals surface area contributed by atoms with Gasteiger partial charge in [0.2, 0.25) is 17.6 Å². The lowest BCUT2D eigenvalue weighted by Crippen LogP contribution is -2.43. The van der Waals surface area contributed by atoms with E-state index in [1.807, 2.05) is 26.2 Å². The highest BCUT2D eigenvalue weighted by Gasteiger charge is 2.26. The van der Waals surface area contributed by atoms with Gasteiger partial charge in [-0.05, 0) is 57.4 Å². The number of carbonyl (C=O) groups is 1. The molecule has 3 rings (SSSR count). The van der Waals surface area contributed by atoms with Crippen LogP contribution in [-0.2, 0) is 16.8 Å². The molecule has 1 fully saturated rings. The van der Waals surface area contributed by atoms with Gasteiger partial charge in [0.25, 0.3) is 0 Å². The fourth-order valence-electron chi connectivity index (χ4n) is 3.91. The molecule has 31 heavy (non-hydrogen) atoms. The van der Waals surface area contributed by atoms with Crippen molar-refractivity contribution in [2.75, 3.05) is 40.3 Å². The summed E-state index contributed by atoms with van der Waals surface area (Å²) in [6.45, 7) is 10.6. The van der Waals surface area contributed by atoms with E-state index in [1.165, 1.54) is 5.56 Å². The summed E-state index contributed by atoms with van der Waals surface area (Å²) in [6.07, 6.45) is 2.91. The van der Waals surface area contributed by atoms with Crippen LogP contribution in [0.5, 0.6) is 0 Å². The monoisotopic (exact) mass is 427 g/mol. The second-order valence-corrected chi connectivity index (χ2v) is 9.86. The summed E-state index contributed by atoms with van der Waals surface area (Å²) in [7, 11) is 4.09. The van der Waals surface area contributed by atoms with Gasteiger partial charge in [0.05, 0.1) is 12.5 Å². The lowest BCUT2D eigenvalue weighted by atomic mass is 9.87. The maximum Gasteiger partial charge on any atom is 0.241 e. The molecule has 2 aromatic rings. The molecule has 0 saturated carbocycles.